The molecule has 0 saturated carbocycles. The van der Waals surface area contributed by atoms with Crippen molar-refractivity contribution in [3.05, 3.63) is 53.2 Å². The number of piperidine rings is 1. The second-order valence-corrected chi connectivity index (χ2v) is 8.78. The lowest BCUT2D eigenvalue weighted by atomic mass is 10.0. The van der Waals surface area contributed by atoms with Crippen LogP contribution in [0.3, 0.4) is 0 Å². The average molecular weight is 418 g/mol. The van der Waals surface area contributed by atoms with E-state index in [0.717, 1.165) is 60.3 Å². The molecule has 1 aliphatic heterocycles. The molecule has 0 amide bonds. The fraction of sp³-hybridized carbons (Fsp3) is 0.350. The fourth-order valence-corrected chi connectivity index (χ4v) is 4.45. The molecule has 0 spiro atoms. The van der Waals surface area contributed by atoms with Gasteiger partial charge in [0.05, 0.1) is 22.4 Å². The fourth-order valence-electron chi connectivity index (χ4n) is 3.75. The molecule has 2 aromatic carbocycles. The lowest BCUT2D eigenvalue weighted by Gasteiger charge is -2.33. The van der Waals surface area contributed by atoms with Crippen LogP contribution in [-0.2, 0) is 17.5 Å². The highest BCUT2D eigenvalue weighted by atomic mass is 35.5. The van der Waals surface area contributed by atoms with Gasteiger partial charge in [0.25, 0.3) is 0 Å². The minimum Gasteiger partial charge on any atom is -0.381 e. The highest BCUT2D eigenvalue weighted by Crippen LogP contribution is 2.25. The smallest absolute Gasteiger partial charge is 0.113 e. The average Bonchev–Trinajstić information content (AvgIpc) is 3.12. The summed E-state index contributed by atoms with van der Waals surface area (Å²) in [5.74, 6) is 0. The molecule has 2 heterocycles. The summed E-state index contributed by atoms with van der Waals surface area (Å²) < 4.78 is 14.4. The summed E-state index contributed by atoms with van der Waals surface area (Å²) in [6, 6.07) is 12.6. The molecule has 0 radical (unpaired) electrons. The Kier molecular flexibility index (Phi) is 5.85. The van der Waals surface area contributed by atoms with Crippen LogP contribution in [0.15, 0.2) is 42.6 Å². The second kappa shape index (κ2) is 8.51. The Bertz CT molecular complexity index is 992. The topological polar surface area (TPSA) is 73.1 Å². The number of fused-ring (bicyclic) bond motifs is 1. The molecule has 28 heavy (non-hydrogen) atoms. The third-order valence-electron chi connectivity index (χ3n) is 5.01. The van der Waals surface area contributed by atoms with Gasteiger partial charge >= 0.3 is 0 Å². The third kappa shape index (κ3) is 4.66. The van der Waals surface area contributed by atoms with E-state index in [0.29, 0.717) is 11.1 Å². The highest BCUT2D eigenvalue weighted by molar-refractivity contribution is 7.85. The summed E-state index contributed by atoms with van der Waals surface area (Å²) in [6.07, 6.45) is 5.76. The molecule has 1 saturated heterocycles. The Balaban J connectivity index is 1.40. The van der Waals surface area contributed by atoms with Crippen molar-refractivity contribution in [2.75, 3.05) is 29.4 Å². The minimum atomic E-state index is -1.14. The maximum absolute atomic E-state index is 11.5. The Morgan fingerprint density at radius 2 is 2.21 bits per heavy atom. The predicted molar refractivity (Wildman–Crippen MR) is 117 cm³/mol. The third-order valence-corrected chi connectivity index (χ3v) is 5.84. The number of hydrogen-bond donors (Lipinski definition) is 3. The molecule has 2 atom stereocenters. The largest absolute Gasteiger partial charge is 0.381 e. The van der Waals surface area contributed by atoms with Crippen LogP contribution in [0.1, 0.15) is 18.4 Å². The Labute approximate surface area is 172 Å². The second-order valence-electron chi connectivity index (χ2n) is 7.26. The van der Waals surface area contributed by atoms with E-state index in [1.54, 1.807) is 6.26 Å². The molecule has 1 aliphatic rings. The summed E-state index contributed by atoms with van der Waals surface area (Å²) in [5, 5.41) is 12.4. The summed E-state index contributed by atoms with van der Waals surface area (Å²) in [6.45, 7) is 2.90. The molecule has 1 aromatic heterocycles. The maximum Gasteiger partial charge on any atom is 0.113 e. The number of anilines is 2. The number of nitrogens with zero attached hydrogens (tertiary/aromatic N) is 2. The lowest BCUT2D eigenvalue weighted by molar-refractivity contribution is 0.208. The van der Waals surface area contributed by atoms with Gasteiger partial charge in [-0.1, -0.05) is 17.7 Å². The van der Waals surface area contributed by atoms with Crippen LogP contribution in [0.5, 0.6) is 0 Å². The summed E-state index contributed by atoms with van der Waals surface area (Å²) >= 11 is 6.20. The number of rotatable bonds is 6. The van der Waals surface area contributed by atoms with Crippen molar-refractivity contribution in [3.8, 4) is 0 Å². The molecule has 3 N–H and O–H groups in total. The number of halogens is 1. The van der Waals surface area contributed by atoms with Gasteiger partial charge in [-0.25, -0.2) is 4.21 Å². The molecular weight excluding hydrogens is 394 g/mol. The normalized spacial score (nSPS) is 18.9. The first-order valence-electron chi connectivity index (χ1n) is 9.37. The van der Waals surface area contributed by atoms with E-state index in [1.165, 1.54) is 0 Å². The van der Waals surface area contributed by atoms with Crippen molar-refractivity contribution in [3.63, 3.8) is 0 Å². The quantitative estimate of drug-likeness (QED) is 0.566. The number of aromatic amines is 1. The van der Waals surface area contributed by atoms with Gasteiger partial charge in [-0.15, -0.1) is 0 Å². The molecule has 0 bridgehead atoms. The molecule has 3 aromatic rings. The van der Waals surface area contributed by atoms with Crippen molar-refractivity contribution < 1.29 is 4.21 Å². The lowest BCUT2D eigenvalue weighted by Crippen LogP contribution is -2.41. The van der Waals surface area contributed by atoms with Crippen LogP contribution >= 0.6 is 11.6 Å². The SMILES string of the molecule is CS(=O)Nc1cc(CN2CCCC(Nc3ccc4[nH]ncc4c3)C2)ccc1Cl. The highest BCUT2D eigenvalue weighted by Gasteiger charge is 2.20. The van der Waals surface area contributed by atoms with Crippen LogP contribution in [0.4, 0.5) is 11.4 Å². The molecule has 2 unspecified atom stereocenters. The molecule has 0 aliphatic carbocycles. The zero-order valence-corrected chi connectivity index (χ0v) is 17.3. The van der Waals surface area contributed by atoms with Crippen molar-refractivity contribution in [2.24, 2.45) is 0 Å². The standard InChI is InChI=1S/C20H24ClN5OS/c1-28(27)25-20-9-14(4-6-18(20)21)12-26-8-2-3-17(13-26)23-16-5-7-19-15(10-16)11-22-24-19/h4-7,9-11,17,23,25H,2-3,8,12-13H2,1H3,(H,22,24). The maximum atomic E-state index is 11.5. The van der Waals surface area contributed by atoms with E-state index >= 15 is 0 Å². The van der Waals surface area contributed by atoms with Gasteiger partial charge in [-0.2, -0.15) is 5.10 Å². The predicted octanol–water partition coefficient (Wildman–Crippen LogP) is 4.00. The molecule has 148 valence electrons. The number of aromatic nitrogens is 2. The number of benzene rings is 2. The number of H-pyrrole nitrogens is 1. The van der Waals surface area contributed by atoms with Crippen molar-refractivity contribution in [1.29, 1.82) is 0 Å². The molecule has 6 nitrogen and oxygen atoms in total. The van der Waals surface area contributed by atoms with Crippen LogP contribution in [0.2, 0.25) is 5.02 Å². The summed E-state index contributed by atoms with van der Waals surface area (Å²) in [7, 11) is -1.14. The Morgan fingerprint density at radius 1 is 1.32 bits per heavy atom. The van der Waals surface area contributed by atoms with Crippen molar-refractivity contribution in [1.82, 2.24) is 15.1 Å². The monoisotopic (exact) mass is 417 g/mol. The van der Waals surface area contributed by atoms with Gasteiger partial charge in [0.1, 0.15) is 11.0 Å². The molecule has 8 heteroatoms. The van der Waals surface area contributed by atoms with Crippen molar-refractivity contribution >= 4 is 44.9 Å². The minimum absolute atomic E-state index is 0.408. The number of hydrogen-bond acceptors (Lipinski definition) is 4. The van der Waals surface area contributed by atoms with Gasteiger partial charge in [0, 0.05) is 36.5 Å². The zero-order chi connectivity index (χ0) is 19.5. The van der Waals surface area contributed by atoms with E-state index in [4.69, 9.17) is 11.6 Å². The first-order valence-corrected chi connectivity index (χ1v) is 11.3. The number of nitrogens with one attached hydrogen (secondary N) is 3. The van der Waals surface area contributed by atoms with Gasteiger partial charge in [0.2, 0.25) is 0 Å². The van der Waals surface area contributed by atoms with Gasteiger partial charge in [-0.3, -0.25) is 10.00 Å². The van der Waals surface area contributed by atoms with Gasteiger partial charge in [0.15, 0.2) is 0 Å². The molecular formula is C20H24ClN5OS. The van der Waals surface area contributed by atoms with E-state index in [-0.39, 0.29) is 0 Å². The summed E-state index contributed by atoms with van der Waals surface area (Å²) in [5.41, 5.74) is 4.07. The first-order chi connectivity index (χ1) is 13.6. The van der Waals surface area contributed by atoms with E-state index in [2.05, 4.69) is 43.3 Å². The van der Waals surface area contributed by atoms with E-state index < -0.39 is 11.0 Å². The first kappa shape index (κ1) is 19.2. The van der Waals surface area contributed by atoms with Crippen LogP contribution in [0, 0.1) is 0 Å². The van der Waals surface area contributed by atoms with E-state index in [1.807, 2.05) is 24.4 Å². The Hall–Kier alpha value is -2.09. The Morgan fingerprint density at radius 3 is 3.07 bits per heavy atom. The molecule has 1 fully saturated rings. The van der Waals surface area contributed by atoms with E-state index in [9.17, 15) is 4.21 Å². The summed E-state index contributed by atoms with van der Waals surface area (Å²) in [4.78, 5) is 2.45. The zero-order valence-electron chi connectivity index (χ0n) is 15.7. The van der Waals surface area contributed by atoms with Crippen LogP contribution < -0.4 is 10.0 Å². The van der Waals surface area contributed by atoms with Crippen molar-refractivity contribution in [2.45, 2.75) is 25.4 Å². The van der Waals surface area contributed by atoms with Crippen LogP contribution in [-0.4, -0.2) is 44.7 Å². The van der Waals surface area contributed by atoms with Gasteiger partial charge < -0.3 is 10.0 Å². The molecule has 4 rings (SSSR count). The van der Waals surface area contributed by atoms with Gasteiger partial charge in [-0.05, 0) is 55.3 Å². The number of likely N-dealkylation sites (tertiary alicyclic amines) is 1. The van der Waals surface area contributed by atoms with Crippen LogP contribution in [0.25, 0.3) is 10.9 Å².